The van der Waals surface area contributed by atoms with Crippen LogP contribution in [0.2, 0.25) is 0 Å². The summed E-state index contributed by atoms with van der Waals surface area (Å²) in [6.45, 7) is 3.28. The Labute approximate surface area is 138 Å². The van der Waals surface area contributed by atoms with Crippen LogP contribution < -0.4 is 15.8 Å². The van der Waals surface area contributed by atoms with Crippen LogP contribution in [0, 0.1) is 0 Å². The largest absolute Gasteiger partial charge is 0.494 e. The maximum Gasteiger partial charge on any atom is 0.253 e. The number of hydrogen-bond donors (Lipinski definition) is 2. The van der Waals surface area contributed by atoms with Gasteiger partial charge in [0, 0.05) is 18.3 Å². The first-order valence-corrected chi connectivity index (χ1v) is 7.62. The predicted molar refractivity (Wildman–Crippen MR) is 89.7 cm³/mol. The molecule has 1 aliphatic rings. The number of hydrogen-bond acceptors (Lipinski definition) is 4. The van der Waals surface area contributed by atoms with E-state index in [2.05, 4.69) is 12.2 Å². The van der Waals surface area contributed by atoms with E-state index in [0.29, 0.717) is 13.2 Å². The highest BCUT2D eigenvalue weighted by molar-refractivity contribution is 5.94. The molecule has 1 aromatic rings. The molecule has 0 saturated carbocycles. The summed E-state index contributed by atoms with van der Waals surface area (Å²) in [6, 6.07) is 7.44. The lowest BCUT2D eigenvalue weighted by Crippen LogP contribution is -2.29. The average molecular weight is 329 g/mol. The first-order valence-electron chi connectivity index (χ1n) is 7.62. The smallest absolute Gasteiger partial charge is 0.253 e. The topological polar surface area (TPSA) is 73.6 Å². The van der Waals surface area contributed by atoms with Gasteiger partial charge >= 0.3 is 0 Å². The average Bonchev–Trinajstić information content (AvgIpc) is 2.97. The van der Waals surface area contributed by atoms with Gasteiger partial charge in [0.05, 0.1) is 12.7 Å². The van der Waals surface area contributed by atoms with E-state index < -0.39 is 6.10 Å². The van der Waals surface area contributed by atoms with Crippen molar-refractivity contribution in [1.29, 1.82) is 0 Å². The second-order valence-corrected chi connectivity index (χ2v) is 5.28. The van der Waals surface area contributed by atoms with Crippen LogP contribution >= 0.6 is 12.4 Å². The van der Waals surface area contributed by atoms with Crippen molar-refractivity contribution in [2.24, 2.45) is 5.73 Å². The number of nitrogens with two attached hydrogens (primary N) is 1. The lowest BCUT2D eigenvalue weighted by molar-refractivity contribution is -0.126. The summed E-state index contributed by atoms with van der Waals surface area (Å²) in [6.07, 6.45) is 3.28. The number of carbonyl (C=O) groups excluding carboxylic acids is 1. The molecule has 1 saturated heterocycles. The van der Waals surface area contributed by atoms with Gasteiger partial charge in [-0.1, -0.05) is 19.4 Å². The number of nitrogens with one attached hydrogen (secondary N) is 1. The molecule has 0 spiro atoms. The highest BCUT2D eigenvalue weighted by Gasteiger charge is 2.29. The highest BCUT2D eigenvalue weighted by atomic mass is 35.5. The van der Waals surface area contributed by atoms with Gasteiger partial charge in [-0.2, -0.15) is 0 Å². The SMILES string of the molecule is CCCCOc1cccc(NC(=O)[C@@H]2CC[C@H](CN)O2)c1.Cl. The van der Waals surface area contributed by atoms with Gasteiger partial charge in [-0.05, 0) is 31.4 Å². The molecule has 1 aromatic carbocycles. The fourth-order valence-corrected chi connectivity index (χ4v) is 2.29. The van der Waals surface area contributed by atoms with E-state index in [1.807, 2.05) is 24.3 Å². The number of unbranched alkanes of at least 4 members (excludes halogenated alkanes) is 1. The number of anilines is 1. The van der Waals surface area contributed by atoms with Crippen molar-refractivity contribution in [3.8, 4) is 5.75 Å². The Bertz CT molecular complexity index is 470. The Kier molecular flexibility index (Phi) is 8.24. The fourth-order valence-electron chi connectivity index (χ4n) is 2.29. The first-order chi connectivity index (χ1) is 10.2. The lowest BCUT2D eigenvalue weighted by Gasteiger charge is -2.13. The van der Waals surface area contributed by atoms with E-state index in [0.717, 1.165) is 37.1 Å². The van der Waals surface area contributed by atoms with E-state index in [4.69, 9.17) is 15.2 Å². The molecule has 0 bridgehead atoms. The van der Waals surface area contributed by atoms with Crippen molar-refractivity contribution in [2.45, 2.75) is 44.8 Å². The van der Waals surface area contributed by atoms with E-state index >= 15 is 0 Å². The molecule has 1 aliphatic heterocycles. The summed E-state index contributed by atoms with van der Waals surface area (Å²) < 4.78 is 11.2. The Hall–Kier alpha value is -1.30. The van der Waals surface area contributed by atoms with Gasteiger partial charge < -0.3 is 20.5 Å². The molecule has 22 heavy (non-hydrogen) atoms. The molecule has 1 heterocycles. The molecule has 2 atom stereocenters. The van der Waals surface area contributed by atoms with Gasteiger partial charge in [-0.25, -0.2) is 0 Å². The number of benzene rings is 1. The minimum atomic E-state index is -0.400. The molecular weight excluding hydrogens is 304 g/mol. The normalized spacial score (nSPS) is 20.3. The number of amides is 1. The minimum absolute atomic E-state index is 0. The third kappa shape index (κ3) is 5.48. The minimum Gasteiger partial charge on any atom is -0.494 e. The zero-order valence-corrected chi connectivity index (χ0v) is 13.7. The van der Waals surface area contributed by atoms with Crippen LogP contribution in [0.15, 0.2) is 24.3 Å². The van der Waals surface area contributed by atoms with Crippen molar-refractivity contribution in [3.05, 3.63) is 24.3 Å². The first kappa shape index (κ1) is 18.7. The fraction of sp³-hybridized carbons (Fsp3) is 0.562. The highest BCUT2D eigenvalue weighted by Crippen LogP contribution is 2.22. The van der Waals surface area contributed by atoms with Gasteiger partial charge in [-0.15, -0.1) is 12.4 Å². The van der Waals surface area contributed by atoms with Crippen LogP contribution in [0.4, 0.5) is 5.69 Å². The van der Waals surface area contributed by atoms with E-state index in [-0.39, 0.29) is 24.4 Å². The predicted octanol–water partition coefficient (Wildman–Crippen LogP) is 2.73. The zero-order chi connectivity index (χ0) is 15.1. The van der Waals surface area contributed by atoms with Crippen molar-refractivity contribution in [1.82, 2.24) is 0 Å². The Morgan fingerprint density at radius 2 is 2.27 bits per heavy atom. The van der Waals surface area contributed by atoms with Gasteiger partial charge in [-0.3, -0.25) is 4.79 Å². The summed E-state index contributed by atoms with van der Waals surface area (Å²) in [7, 11) is 0. The van der Waals surface area contributed by atoms with Crippen molar-refractivity contribution in [2.75, 3.05) is 18.5 Å². The van der Waals surface area contributed by atoms with Crippen molar-refractivity contribution < 1.29 is 14.3 Å². The number of rotatable bonds is 7. The number of carbonyl (C=O) groups is 1. The van der Waals surface area contributed by atoms with Crippen molar-refractivity contribution in [3.63, 3.8) is 0 Å². The summed E-state index contributed by atoms with van der Waals surface area (Å²) in [4.78, 5) is 12.1. The monoisotopic (exact) mass is 328 g/mol. The molecule has 0 unspecified atom stereocenters. The molecule has 6 heteroatoms. The maximum atomic E-state index is 12.1. The molecule has 5 nitrogen and oxygen atoms in total. The van der Waals surface area contributed by atoms with Gasteiger partial charge in [0.1, 0.15) is 11.9 Å². The molecule has 0 aromatic heterocycles. The van der Waals surface area contributed by atoms with Crippen molar-refractivity contribution >= 4 is 24.0 Å². The van der Waals surface area contributed by atoms with Crippen LogP contribution in [-0.4, -0.2) is 31.3 Å². The Morgan fingerprint density at radius 3 is 2.95 bits per heavy atom. The van der Waals surface area contributed by atoms with E-state index in [1.165, 1.54) is 0 Å². The molecule has 0 radical (unpaired) electrons. The van der Waals surface area contributed by atoms with E-state index in [9.17, 15) is 4.79 Å². The second kappa shape index (κ2) is 9.66. The second-order valence-electron chi connectivity index (χ2n) is 5.28. The lowest BCUT2D eigenvalue weighted by atomic mass is 10.2. The number of ether oxygens (including phenoxy) is 2. The van der Waals surface area contributed by atoms with Crippen LogP contribution in [0.1, 0.15) is 32.6 Å². The summed E-state index contributed by atoms with van der Waals surface area (Å²) in [5.41, 5.74) is 6.28. The maximum absolute atomic E-state index is 12.1. The quantitative estimate of drug-likeness (QED) is 0.755. The van der Waals surface area contributed by atoms with Gasteiger partial charge in [0.15, 0.2) is 0 Å². The molecule has 124 valence electrons. The van der Waals surface area contributed by atoms with Crippen LogP contribution in [0.25, 0.3) is 0 Å². The Balaban J connectivity index is 0.00000242. The molecular formula is C16H25ClN2O3. The third-order valence-corrected chi connectivity index (χ3v) is 3.53. The number of halogens is 1. The summed E-state index contributed by atoms with van der Waals surface area (Å²) in [5, 5.41) is 2.87. The third-order valence-electron chi connectivity index (χ3n) is 3.53. The molecule has 1 amide bonds. The standard InChI is InChI=1S/C16H24N2O3.ClH/c1-2-3-9-20-13-6-4-5-12(10-13)18-16(19)15-8-7-14(11-17)21-15;/h4-6,10,14-15H,2-3,7-9,11,17H2,1H3,(H,18,19);1H/t14-,15+;/m1./s1. The zero-order valence-electron chi connectivity index (χ0n) is 12.9. The Morgan fingerprint density at radius 1 is 1.45 bits per heavy atom. The molecule has 0 aliphatic carbocycles. The van der Waals surface area contributed by atoms with Gasteiger partial charge in [0.2, 0.25) is 0 Å². The molecule has 1 fully saturated rings. The van der Waals surface area contributed by atoms with Crippen LogP contribution in [-0.2, 0) is 9.53 Å². The van der Waals surface area contributed by atoms with Crippen LogP contribution in [0.3, 0.4) is 0 Å². The van der Waals surface area contributed by atoms with Crippen LogP contribution in [0.5, 0.6) is 5.75 Å². The summed E-state index contributed by atoms with van der Waals surface area (Å²) in [5.74, 6) is 0.657. The molecule has 3 N–H and O–H groups in total. The van der Waals surface area contributed by atoms with Gasteiger partial charge in [0.25, 0.3) is 5.91 Å². The van der Waals surface area contributed by atoms with E-state index in [1.54, 1.807) is 0 Å². The molecule has 2 rings (SSSR count). The summed E-state index contributed by atoms with van der Waals surface area (Å²) >= 11 is 0.